The molecule has 2 heterocycles. The molecule has 18 heavy (non-hydrogen) atoms. The number of hydrogen-bond acceptors (Lipinski definition) is 4. The highest BCUT2D eigenvalue weighted by Crippen LogP contribution is 2.20. The predicted octanol–water partition coefficient (Wildman–Crippen LogP) is 0.660. The number of nitrogens with zero attached hydrogens (tertiary/aromatic N) is 2. The Morgan fingerprint density at radius 2 is 2.33 bits per heavy atom. The maximum Gasteiger partial charge on any atom is 0.240 e. The Hall–Kier alpha value is -1.33. The summed E-state index contributed by atoms with van der Waals surface area (Å²) in [5.74, 6) is 0.976. The highest BCUT2D eigenvalue weighted by Gasteiger charge is 2.36. The van der Waals surface area contributed by atoms with E-state index in [1.165, 1.54) is 0 Å². The minimum atomic E-state index is -0.0961. The molecule has 1 saturated heterocycles. The Balaban J connectivity index is 2.10. The standard InChI is InChI=1S/C13H21N3O2/c1-10-8-15(2)12(5-6-14)13(17)16(10)9-11-4-3-7-18-11/h3-4,7,10,12H,5-6,8-9,14H2,1-2H3. The van der Waals surface area contributed by atoms with Crippen molar-refractivity contribution in [3.8, 4) is 0 Å². The molecule has 0 spiro atoms. The molecule has 0 bridgehead atoms. The van der Waals surface area contributed by atoms with Crippen LogP contribution in [0.15, 0.2) is 22.8 Å². The number of hydrogen-bond donors (Lipinski definition) is 1. The number of amides is 1. The summed E-state index contributed by atoms with van der Waals surface area (Å²) in [6.07, 6.45) is 2.34. The molecule has 1 aliphatic heterocycles. The fourth-order valence-corrected chi connectivity index (χ4v) is 2.55. The summed E-state index contributed by atoms with van der Waals surface area (Å²) in [4.78, 5) is 16.4. The van der Waals surface area contributed by atoms with Crippen molar-refractivity contribution in [3.63, 3.8) is 0 Å². The number of rotatable bonds is 4. The third-order valence-corrected chi connectivity index (χ3v) is 3.53. The van der Waals surface area contributed by atoms with Gasteiger partial charge in [0.25, 0.3) is 0 Å². The molecule has 5 nitrogen and oxygen atoms in total. The van der Waals surface area contributed by atoms with Crippen molar-refractivity contribution in [2.75, 3.05) is 20.1 Å². The zero-order valence-electron chi connectivity index (χ0n) is 11.0. The molecule has 0 saturated carbocycles. The highest BCUT2D eigenvalue weighted by molar-refractivity contribution is 5.83. The van der Waals surface area contributed by atoms with E-state index in [-0.39, 0.29) is 18.0 Å². The summed E-state index contributed by atoms with van der Waals surface area (Å²) in [6, 6.07) is 3.84. The van der Waals surface area contributed by atoms with Gasteiger partial charge in [0.05, 0.1) is 18.8 Å². The molecule has 2 atom stereocenters. The lowest BCUT2D eigenvalue weighted by molar-refractivity contribution is -0.145. The molecule has 1 aliphatic rings. The van der Waals surface area contributed by atoms with E-state index in [1.54, 1.807) is 6.26 Å². The Morgan fingerprint density at radius 3 is 2.94 bits per heavy atom. The molecule has 2 unspecified atom stereocenters. The van der Waals surface area contributed by atoms with Crippen molar-refractivity contribution in [1.82, 2.24) is 9.80 Å². The van der Waals surface area contributed by atoms with Gasteiger partial charge in [0, 0.05) is 12.6 Å². The van der Waals surface area contributed by atoms with E-state index in [0.717, 1.165) is 12.3 Å². The summed E-state index contributed by atoms with van der Waals surface area (Å²) >= 11 is 0. The number of carbonyl (C=O) groups is 1. The van der Waals surface area contributed by atoms with Gasteiger partial charge in [0.2, 0.25) is 5.91 Å². The minimum Gasteiger partial charge on any atom is -0.467 e. The number of furan rings is 1. The van der Waals surface area contributed by atoms with Crippen LogP contribution in [0.4, 0.5) is 0 Å². The SMILES string of the molecule is CC1CN(C)C(CCN)C(=O)N1Cc1ccco1. The zero-order chi connectivity index (χ0) is 13.1. The van der Waals surface area contributed by atoms with Crippen LogP contribution in [-0.4, -0.2) is 47.9 Å². The summed E-state index contributed by atoms with van der Waals surface area (Å²) in [5, 5.41) is 0. The first kappa shape index (κ1) is 13.1. The second-order valence-electron chi connectivity index (χ2n) is 4.93. The van der Waals surface area contributed by atoms with Gasteiger partial charge < -0.3 is 15.1 Å². The average molecular weight is 251 g/mol. The van der Waals surface area contributed by atoms with Crippen molar-refractivity contribution < 1.29 is 9.21 Å². The van der Waals surface area contributed by atoms with Gasteiger partial charge in [-0.1, -0.05) is 0 Å². The lowest BCUT2D eigenvalue weighted by atomic mass is 10.0. The van der Waals surface area contributed by atoms with Crippen LogP contribution < -0.4 is 5.73 Å². The average Bonchev–Trinajstić information content (AvgIpc) is 2.83. The minimum absolute atomic E-state index is 0.0961. The summed E-state index contributed by atoms with van der Waals surface area (Å²) in [6.45, 7) is 4.01. The van der Waals surface area contributed by atoms with E-state index >= 15 is 0 Å². The van der Waals surface area contributed by atoms with Crippen molar-refractivity contribution in [2.45, 2.75) is 32.0 Å². The largest absolute Gasteiger partial charge is 0.467 e. The molecule has 2 rings (SSSR count). The Morgan fingerprint density at radius 1 is 1.56 bits per heavy atom. The smallest absolute Gasteiger partial charge is 0.240 e. The van der Waals surface area contributed by atoms with E-state index in [2.05, 4.69) is 11.8 Å². The van der Waals surface area contributed by atoms with E-state index in [1.807, 2.05) is 24.1 Å². The van der Waals surface area contributed by atoms with E-state index in [0.29, 0.717) is 19.5 Å². The molecule has 1 aromatic heterocycles. The first-order chi connectivity index (χ1) is 8.63. The quantitative estimate of drug-likeness (QED) is 0.854. The van der Waals surface area contributed by atoms with Crippen LogP contribution in [0.25, 0.3) is 0 Å². The maximum atomic E-state index is 12.4. The van der Waals surface area contributed by atoms with Crippen LogP contribution in [-0.2, 0) is 11.3 Å². The Kier molecular flexibility index (Phi) is 4.04. The van der Waals surface area contributed by atoms with Gasteiger partial charge in [-0.05, 0) is 39.1 Å². The van der Waals surface area contributed by atoms with Crippen LogP contribution in [0.3, 0.4) is 0 Å². The van der Waals surface area contributed by atoms with Crippen molar-refractivity contribution >= 4 is 5.91 Å². The second-order valence-corrected chi connectivity index (χ2v) is 4.93. The molecule has 1 amide bonds. The number of piperazine rings is 1. The van der Waals surface area contributed by atoms with Gasteiger partial charge in [-0.3, -0.25) is 9.69 Å². The summed E-state index contributed by atoms with van der Waals surface area (Å²) in [7, 11) is 1.99. The van der Waals surface area contributed by atoms with Gasteiger partial charge in [-0.2, -0.15) is 0 Å². The molecule has 0 radical (unpaired) electrons. The molecule has 1 aromatic rings. The van der Waals surface area contributed by atoms with Crippen LogP contribution in [0, 0.1) is 0 Å². The van der Waals surface area contributed by atoms with Crippen LogP contribution in [0.2, 0.25) is 0 Å². The van der Waals surface area contributed by atoms with Gasteiger partial charge in [-0.15, -0.1) is 0 Å². The summed E-state index contributed by atoms with van der Waals surface area (Å²) in [5.41, 5.74) is 5.58. The third-order valence-electron chi connectivity index (χ3n) is 3.53. The molecule has 0 aliphatic carbocycles. The monoisotopic (exact) mass is 251 g/mol. The number of carbonyl (C=O) groups excluding carboxylic acids is 1. The van der Waals surface area contributed by atoms with Crippen molar-refractivity contribution in [3.05, 3.63) is 24.2 Å². The second kappa shape index (κ2) is 5.54. The molecule has 1 fully saturated rings. The number of nitrogens with two attached hydrogens (primary N) is 1. The predicted molar refractivity (Wildman–Crippen MR) is 68.8 cm³/mol. The number of likely N-dealkylation sites (N-methyl/N-ethyl adjacent to an activating group) is 1. The van der Waals surface area contributed by atoms with E-state index < -0.39 is 0 Å². The molecule has 0 aromatic carbocycles. The van der Waals surface area contributed by atoms with Gasteiger partial charge in [0.15, 0.2) is 0 Å². The molecule has 5 heteroatoms. The molecule has 100 valence electrons. The first-order valence-electron chi connectivity index (χ1n) is 6.36. The lowest BCUT2D eigenvalue weighted by Crippen LogP contribution is -2.59. The van der Waals surface area contributed by atoms with Crippen LogP contribution >= 0.6 is 0 Å². The van der Waals surface area contributed by atoms with Gasteiger partial charge in [0.1, 0.15) is 5.76 Å². The third kappa shape index (κ3) is 2.57. The first-order valence-corrected chi connectivity index (χ1v) is 6.36. The van der Waals surface area contributed by atoms with Gasteiger partial charge >= 0.3 is 0 Å². The van der Waals surface area contributed by atoms with Crippen LogP contribution in [0.5, 0.6) is 0 Å². The summed E-state index contributed by atoms with van der Waals surface area (Å²) < 4.78 is 5.32. The van der Waals surface area contributed by atoms with E-state index in [4.69, 9.17) is 10.2 Å². The van der Waals surface area contributed by atoms with Gasteiger partial charge in [-0.25, -0.2) is 0 Å². The fourth-order valence-electron chi connectivity index (χ4n) is 2.55. The van der Waals surface area contributed by atoms with Crippen molar-refractivity contribution in [1.29, 1.82) is 0 Å². The molecular weight excluding hydrogens is 230 g/mol. The lowest BCUT2D eigenvalue weighted by Gasteiger charge is -2.42. The topological polar surface area (TPSA) is 62.7 Å². The maximum absolute atomic E-state index is 12.4. The highest BCUT2D eigenvalue weighted by atomic mass is 16.3. The normalized spacial score (nSPS) is 25.7. The Bertz CT molecular complexity index is 391. The zero-order valence-corrected chi connectivity index (χ0v) is 11.0. The molecular formula is C13H21N3O2. The Labute approximate surface area is 108 Å². The fraction of sp³-hybridized carbons (Fsp3) is 0.615. The van der Waals surface area contributed by atoms with Crippen molar-refractivity contribution in [2.24, 2.45) is 5.73 Å². The van der Waals surface area contributed by atoms with Crippen LogP contribution in [0.1, 0.15) is 19.1 Å². The van der Waals surface area contributed by atoms with E-state index in [9.17, 15) is 4.79 Å². The molecule has 2 N–H and O–H groups in total.